The van der Waals surface area contributed by atoms with Crippen molar-refractivity contribution in [2.24, 2.45) is 0 Å². The van der Waals surface area contributed by atoms with E-state index in [0.717, 1.165) is 42.0 Å². The second-order valence-electron chi connectivity index (χ2n) is 5.97. The van der Waals surface area contributed by atoms with Crippen molar-refractivity contribution in [2.75, 3.05) is 7.11 Å². The number of hydrogen-bond donors (Lipinski definition) is 0. The molecule has 0 N–H and O–H groups in total. The van der Waals surface area contributed by atoms with E-state index in [-0.39, 0.29) is 11.7 Å². The first-order valence-electron chi connectivity index (χ1n) is 7.97. The van der Waals surface area contributed by atoms with Crippen LogP contribution in [0.5, 0.6) is 5.75 Å². The standard InChI is InChI=1S/C19H17FN2O2/c1-23-15-9-13(8-14(20)11-15)12-5-6-18-17(10-12)22-19(24-18)16-4-2-3-7-21-16/h2-4,7-9,11-12H,5-6,10H2,1H3. The van der Waals surface area contributed by atoms with Crippen LogP contribution in [0, 0.1) is 5.82 Å². The third-order valence-electron chi connectivity index (χ3n) is 4.42. The van der Waals surface area contributed by atoms with Crippen LogP contribution >= 0.6 is 0 Å². The maximum atomic E-state index is 13.8. The van der Waals surface area contributed by atoms with Crippen molar-refractivity contribution in [3.05, 3.63) is 65.4 Å². The molecule has 0 saturated heterocycles. The number of oxazole rings is 1. The Kier molecular flexibility index (Phi) is 3.76. The van der Waals surface area contributed by atoms with Crippen LogP contribution in [0.3, 0.4) is 0 Å². The largest absolute Gasteiger partial charge is 0.497 e. The van der Waals surface area contributed by atoms with E-state index in [1.165, 1.54) is 6.07 Å². The Hall–Kier alpha value is -2.69. The first kappa shape index (κ1) is 14.9. The van der Waals surface area contributed by atoms with Crippen molar-refractivity contribution < 1.29 is 13.5 Å². The van der Waals surface area contributed by atoms with Gasteiger partial charge in [-0.2, -0.15) is 0 Å². The summed E-state index contributed by atoms with van der Waals surface area (Å²) in [5.74, 6) is 1.95. The number of aryl methyl sites for hydroxylation is 1. The Morgan fingerprint density at radius 3 is 2.96 bits per heavy atom. The van der Waals surface area contributed by atoms with Crippen molar-refractivity contribution in [1.82, 2.24) is 9.97 Å². The van der Waals surface area contributed by atoms with Gasteiger partial charge < -0.3 is 9.15 Å². The molecule has 1 aliphatic carbocycles. The molecule has 3 aromatic rings. The van der Waals surface area contributed by atoms with Gasteiger partial charge in [-0.3, -0.25) is 4.98 Å². The molecule has 0 radical (unpaired) electrons. The lowest BCUT2D eigenvalue weighted by Crippen LogP contribution is -2.12. The van der Waals surface area contributed by atoms with E-state index in [4.69, 9.17) is 9.15 Å². The first-order valence-corrected chi connectivity index (χ1v) is 7.97. The molecule has 0 fully saturated rings. The highest BCUT2D eigenvalue weighted by atomic mass is 19.1. The number of ether oxygens (including phenoxy) is 1. The molecule has 0 saturated carbocycles. The van der Waals surface area contributed by atoms with E-state index in [1.807, 2.05) is 24.3 Å². The van der Waals surface area contributed by atoms with Crippen LogP contribution in [0.4, 0.5) is 4.39 Å². The maximum Gasteiger partial charge on any atom is 0.245 e. The zero-order valence-corrected chi connectivity index (χ0v) is 13.3. The molecule has 4 rings (SSSR count). The summed E-state index contributed by atoms with van der Waals surface area (Å²) in [6.07, 6.45) is 4.15. The maximum absolute atomic E-state index is 13.8. The van der Waals surface area contributed by atoms with Crippen LogP contribution < -0.4 is 4.74 Å². The predicted molar refractivity (Wildman–Crippen MR) is 87.5 cm³/mol. The lowest BCUT2D eigenvalue weighted by Gasteiger charge is -2.21. The van der Waals surface area contributed by atoms with Gasteiger partial charge in [0.25, 0.3) is 0 Å². The highest BCUT2D eigenvalue weighted by Crippen LogP contribution is 2.35. The van der Waals surface area contributed by atoms with Gasteiger partial charge in [-0.05, 0) is 42.2 Å². The average Bonchev–Trinajstić information content (AvgIpc) is 3.05. The number of halogens is 1. The molecule has 1 atom stereocenters. The van der Waals surface area contributed by atoms with Crippen LogP contribution in [0.2, 0.25) is 0 Å². The number of aromatic nitrogens is 2. The number of pyridine rings is 1. The van der Waals surface area contributed by atoms with E-state index >= 15 is 0 Å². The van der Waals surface area contributed by atoms with E-state index in [2.05, 4.69) is 9.97 Å². The third-order valence-corrected chi connectivity index (χ3v) is 4.42. The molecule has 2 aromatic heterocycles. The molecule has 0 amide bonds. The number of benzene rings is 1. The van der Waals surface area contributed by atoms with Crippen molar-refractivity contribution in [2.45, 2.75) is 25.2 Å². The summed E-state index contributed by atoms with van der Waals surface area (Å²) in [6, 6.07) is 10.5. The van der Waals surface area contributed by atoms with Gasteiger partial charge in [-0.15, -0.1) is 0 Å². The summed E-state index contributed by atoms with van der Waals surface area (Å²) >= 11 is 0. The fraction of sp³-hybridized carbons (Fsp3) is 0.263. The van der Waals surface area contributed by atoms with Gasteiger partial charge in [-0.1, -0.05) is 6.07 Å². The molecule has 24 heavy (non-hydrogen) atoms. The normalized spacial score (nSPS) is 16.7. The summed E-state index contributed by atoms with van der Waals surface area (Å²) in [5.41, 5.74) is 2.62. The Morgan fingerprint density at radius 2 is 2.17 bits per heavy atom. The molecular weight excluding hydrogens is 307 g/mol. The fourth-order valence-corrected chi connectivity index (χ4v) is 3.20. The number of fused-ring (bicyclic) bond motifs is 1. The van der Waals surface area contributed by atoms with E-state index in [9.17, 15) is 4.39 Å². The first-order chi connectivity index (χ1) is 11.7. The van der Waals surface area contributed by atoms with E-state index in [0.29, 0.717) is 11.6 Å². The molecule has 0 spiro atoms. The monoisotopic (exact) mass is 324 g/mol. The number of hydrogen-bond acceptors (Lipinski definition) is 4. The van der Waals surface area contributed by atoms with Gasteiger partial charge in [-0.25, -0.2) is 9.37 Å². The average molecular weight is 324 g/mol. The predicted octanol–water partition coefficient (Wildman–Crippen LogP) is 4.16. The van der Waals surface area contributed by atoms with Crippen LogP contribution in [-0.2, 0) is 12.8 Å². The molecule has 122 valence electrons. The summed E-state index contributed by atoms with van der Waals surface area (Å²) in [6.45, 7) is 0. The minimum atomic E-state index is -0.274. The number of methoxy groups -OCH3 is 1. The number of rotatable bonds is 3. The van der Waals surface area contributed by atoms with Crippen LogP contribution in [0.25, 0.3) is 11.6 Å². The second-order valence-corrected chi connectivity index (χ2v) is 5.97. The minimum absolute atomic E-state index is 0.212. The SMILES string of the molecule is COc1cc(F)cc(C2CCc3oc(-c4ccccn4)nc3C2)c1. The van der Waals surface area contributed by atoms with Crippen molar-refractivity contribution in [3.8, 4) is 17.3 Å². The highest BCUT2D eigenvalue weighted by Gasteiger charge is 2.26. The van der Waals surface area contributed by atoms with Crippen LogP contribution in [0.1, 0.15) is 29.4 Å². The van der Waals surface area contributed by atoms with Crippen LogP contribution in [-0.4, -0.2) is 17.1 Å². The molecule has 2 heterocycles. The lowest BCUT2D eigenvalue weighted by atomic mass is 9.85. The van der Waals surface area contributed by atoms with Gasteiger partial charge in [0.05, 0.1) is 12.8 Å². The second kappa shape index (κ2) is 6.07. The zero-order chi connectivity index (χ0) is 16.5. The Bertz CT molecular complexity index is 861. The van der Waals surface area contributed by atoms with Gasteiger partial charge >= 0.3 is 0 Å². The molecule has 5 heteroatoms. The molecule has 4 nitrogen and oxygen atoms in total. The molecular formula is C19H17FN2O2. The van der Waals surface area contributed by atoms with Crippen molar-refractivity contribution in [3.63, 3.8) is 0 Å². The summed E-state index contributed by atoms with van der Waals surface area (Å²) in [7, 11) is 1.55. The van der Waals surface area contributed by atoms with Crippen LogP contribution in [0.15, 0.2) is 47.0 Å². The zero-order valence-electron chi connectivity index (χ0n) is 13.3. The Morgan fingerprint density at radius 1 is 1.25 bits per heavy atom. The molecule has 1 aliphatic rings. The molecule has 1 unspecified atom stereocenters. The van der Waals surface area contributed by atoms with Crippen molar-refractivity contribution in [1.29, 1.82) is 0 Å². The summed E-state index contributed by atoms with van der Waals surface area (Å²) in [4.78, 5) is 8.89. The van der Waals surface area contributed by atoms with Gasteiger partial charge in [0.1, 0.15) is 23.0 Å². The summed E-state index contributed by atoms with van der Waals surface area (Å²) < 4.78 is 24.8. The van der Waals surface area contributed by atoms with Gasteiger partial charge in [0.2, 0.25) is 5.89 Å². The van der Waals surface area contributed by atoms with Gasteiger partial charge in [0.15, 0.2) is 0 Å². The minimum Gasteiger partial charge on any atom is -0.497 e. The Labute approximate surface area is 139 Å². The molecule has 0 aliphatic heterocycles. The molecule has 1 aromatic carbocycles. The highest BCUT2D eigenvalue weighted by molar-refractivity contribution is 5.47. The quantitative estimate of drug-likeness (QED) is 0.726. The Balaban J connectivity index is 1.62. The summed E-state index contributed by atoms with van der Waals surface area (Å²) in [5, 5.41) is 0. The topological polar surface area (TPSA) is 48.2 Å². The smallest absolute Gasteiger partial charge is 0.245 e. The van der Waals surface area contributed by atoms with E-state index < -0.39 is 0 Å². The number of nitrogens with zero attached hydrogens (tertiary/aromatic N) is 2. The third kappa shape index (κ3) is 2.77. The van der Waals surface area contributed by atoms with E-state index in [1.54, 1.807) is 19.4 Å². The molecule has 0 bridgehead atoms. The van der Waals surface area contributed by atoms with Gasteiger partial charge in [0, 0.05) is 25.1 Å². The van der Waals surface area contributed by atoms with Crippen molar-refractivity contribution >= 4 is 0 Å². The fourth-order valence-electron chi connectivity index (χ4n) is 3.20. The lowest BCUT2D eigenvalue weighted by molar-refractivity contribution is 0.408.